The summed E-state index contributed by atoms with van der Waals surface area (Å²) >= 11 is 11.6. The fourth-order valence-electron chi connectivity index (χ4n) is 1.41. The lowest BCUT2D eigenvalue weighted by molar-refractivity contribution is -0.384. The molecule has 0 atom stereocenters. The summed E-state index contributed by atoms with van der Waals surface area (Å²) in [6.45, 7) is 0.250. The van der Waals surface area contributed by atoms with Crippen molar-refractivity contribution in [2.24, 2.45) is 0 Å². The number of halogens is 2. The average molecular weight is 299 g/mol. The predicted molar refractivity (Wildman–Crippen MR) is 71.7 cm³/mol. The summed E-state index contributed by atoms with van der Waals surface area (Å²) in [5.41, 5.74) is 0.749. The van der Waals surface area contributed by atoms with Gasteiger partial charge >= 0.3 is 0 Å². The highest BCUT2D eigenvalue weighted by molar-refractivity contribution is 6.32. The molecule has 1 aromatic heterocycles. The van der Waals surface area contributed by atoms with Gasteiger partial charge in [0.05, 0.1) is 9.95 Å². The minimum atomic E-state index is -0.516. The highest BCUT2D eigenvalue weighted by atomic mass is 35.5. The third kappa shape index (κ3) is 3.56. The summed E-state index contributed by atoms with van der Waals surface area (Å²) in [7, 11) is 0. The Kier molecular flexibility index (Phi) is 4.19. The Hall–Kier alpha value is -1.85. The zero-order chi connectivity index (χ0) is 13.8. The molecule has 1 aromatic carbocycles. The Morgan fingerprint density at radius 2 is 2.05 bits per heavy atom. The molecule has 19 heavy (non-hydrogen) atoms. The first-order valence-corrected chi connectivity index (χ1v) is 5.99. The third-order valence-electron chi connectivity index (χ3n) is 2.31. The van der Waals surface area contributed by atoms with Crippen molar-refractivity contribution in [3.05, 3.63) is 62.4 Å². The molecule has 2 aromatic rings. The maximum Gasteiger partial charge on any atom is 0.271 e. The van der Waals surface area contributed by atoms with Crippen molar-refractivity contribution in [3.8, 4) is 5.75 Å². The van der Waals surface area contributed by atoms with Gasteiger partial charge in [-0.1, -0.05) is 23.2 Å². The van der Waals surface area contributed by atoms with Gasteiger partial charge in [-0.25, -0.2) is 4.98 Å². The van der Waals surface area contributed by atoms with Gasteiger partial charge in [0.1, 0.15) is 17.5 Å². The largest absolute Gasteiger partial charge is 0.487 e. The maximum atomic E-state index is 10.6. The van der Waals surface area contributed by atoms with Crippen LogP contribution in [0.3, 0.4) is 0 Å². The first kappa shape index (κ1) is 13.6. The topological polar surface area (TPSA) is 65.3 Å². The van der Waals surface area contributed by atoms with Gasteiger partial charge in [0, 0.05) is 18.3 Å². The average Bonchev–Trinajstić information content (AvgIpc) is 2.37. The van der Waals surface area contributed by atoms with E-state index in [4.69, 9.17) is 27.9 Å². The van der Waals surface area contributed by atoms with E-state index < -0.39 is 4.92 Å². The van der Waals surface area contributed by atoms with Crippen LogP contribution in [-0.4, -0.2) is 9.91 Å². The number of nitro groups is 1. The van der Waals surface area contributed by atoms with Crippen LogP contribution in [0.5, 0.6) is 5.75 Å². The molecule has 0 saturated heterocycles. The molecule has 7 heteroatoms. The molecule has 0 aliphatic carbocycles. The molecule has 5 nitrogen and oxygen atoms in total. The van der Waals surface area contributed by atoms with Gasteiger partial charge in [-0.05, 0) is 23.8 Å². The summed E-state index contributed by atoms with van der Waals surface area (Å²) in [5, 5.41) is 11.1. The van der Waals surface area contributed by atoms with Gasteiger partial charge in [-0.3, -0.25) is 10.1 Å². The van der Waals surface area contributed by atoms with Gasteiger partial charge < -0.3 is 4.74 Å². The summed E-state index contributed by atoms with van der Waals surface area (Å²) in [4.78, 5) is 13.9. The minimum Gasteiger partial charge on any atom is -0.487 e. The number of rotatable bonds is 4. The van der Waals surface area contributed by atoms with Crippen LogP contribution in [0, 0.1) is 10.1 Å². The van der Waals surface area contributed by atoms with E-state index >= 15 is 0 Å². The quantitative estimate of drug-likeness (QED) is 0.488. The van der Waals surface area contributed by atoms with Crippen LogP contribution in [0.2, 0.25) is 10.2 Å². The van der Waals surface area contributed by atoms with Crippen molar-refractivity contribution in [1.82, 2.24) is 4.98 Å². The third-order valence-corrected chi connectivity index (χ3v) is 2.81. The van der Waals surface area contributed by atoms with E-state index in [2.05, 4.69) is 4.98 Å². The van der Waals surface area contributed by atoms with Crippen LogP contribution in [0.15, 0.2) is 36.5 Å². The van der Waals surface area contributed by atoms with Gasteiger partial charge in [0.25, 0.3) is 5.69 Å². The van der Waals surface area contributed by atoms with E-state index in [0.717, 1.165) is 5.56 Å². The van der Waals surface area contributed by atoms with Crippen molar-refractivity contribution in [1.29, 1.82) is 0 Å². The second-order valence-corrected chi connectivity index (χ2v) is 4.44. The van der Waals surface area contributed by atoms with Crippen molar-refractivity contribution in [2.45, 2.75) is 6.61 Å². The lowest BCUT2D eigenvalue weighted by Gasteiger charge is -2.07. The highest BCUT2D eigenvalue weighted by Crippen LogP contribution is 2.29. The second kappa shape index (κ2) is 5.86. The normalized spacial score (nSPS) is 10.2. The number of nitro benzene ring substituents is 1. The Morgan fingerprint density at radius 3 is 2.68 bits per heavy atom. The van der Waals surface area contributed by atoms with Gasteiger partial charge in [0.2, 0.25) is 0 Å². The number of aromatic nitrogens is 1. The smallest absolute Gasteiger partial charge is 0.271 e. The lowest BCUT2D eigenvalue weighted by Crippen LogP contribution is -1.97. The van der Waals surface area contributed by atoms with E-state index in [1.54, 1.807) is 18.3 Å². The first-order valence-electron chi connectivity index (χ1n) is 5.23. The van der Waals surface area contributed by atoms with Crippen molar-refractivity contribution < 1.29 is 9.66 Å². The van der Waals surface area contributed by atoms with E-state index in [1.807, 2.05) is 0 Å². The molecule has 0 spiro atoms. The number of pyridine rings is 1. The lowest BCUT2D eigenvalue weighted by atomic mass is 10.3. The summed E-state index contributed by atoms with van der Waals surface area (Å²) < 4.78 is 5.47. The fraction of sp³-hybridized carbons (Fsp3) is 0.0833. The standard InChI is InChI=1S/C12H8Cl2N2O3/c13-10-6-9(16(17)18)1-2-11(10)19-7-8-3-4-15-12(14)5-8/h1-6H,7H2. The van der Waals surface area contributed by atoms with Crippen LogP contribution in [0.1, 0.15) is 5.56 Å². The minimum absolute atomic E-state index is 0.0793. The van der Waals surface area contributed by atoms with Crippen molar-refractivity contribution in [2.75, 3.05) is 0 Å². The first-order chi connectivity index (χ1) is 9.06. The summed E-state index contributed by atoms with van der Waals surface area (Å²) in [5.74, 6) is 0.375. The molecule has 1 heterocycles. The van der Waals surface area contributed by atoms with E-state index in [0.29, 0.717) is 10.9 Å². The van der Waals surface area contributed by atoms with E-state index in [-0.39, 0.29) is 17.3 Å². The predicted octanol–water partition coefficient (Wildman–Crippen LogP) is 3.88. The number of non-ortho nitro benzene ring substituents is 1. The number of ether oxygens (including phenoxy) is 1. The van der Waals surface area contributed by atoms with Crippen LogP contribution >= 0.6 is 23.2 Å². The molecule has 2 rings (SSSR count). The molecule has 0 radical (unpaired) electrons. The second-order valence-electron chi connectivity index (χ2n) is 3.65. The van der Waals surface area contributed by atoms with Gasteiger partial charge in [0.15, 0.2) is 0 Å². The van der Waals surface area contributed by atoms with Crippen molar-refractivity contribution in [3.63, 3.8) is 0 Å². The zero-order valence-electron chi connectivity index (χ0n) is 9.55. The number of hydrogen-bond donors (Lipinski definition) is 0. The summed E-state index contributed by atoms with van der Waals surface area (Å²) in [6.07, 6.45) is 1.57. The SMILES string of the molecule is O=[N+]([O-])c1ccc(OCc2ccnc(Cl)c2)c(Cl)c1. The molecule has 0 unspecified atom stereocenters. The highest BCUT2D eigenvalue weighted by Gasteiger charge is 2.10. The monoisotopic (exact) mass is 298 g/mol. The zero-order valence-corrected chi connectivity index (χ0v) is 11.1. The molecule has 0 N–H and O–H groups in total. The Morgan fingerprint density at radius 1 is 1.26 bits per heavy atom. The molecule has 0 fully saturated rings. The Bertz CT molecular complexity index is 620. The molecular formula is C12H8Cl2N2O3. The fourth-order valence-corrected chi connectivity index (χ4v) is 1.84. The molecule has 0 bridgehead atoms. The van der Waals surface area contributed by atoms with Crippen LogP contribution in [0.4, 0.5) is 5.69 Å². The number of benzene rings is 1. The molecule has 0 saturated carbocycles. The van der Waals surface area contributed by atoms with Crippen LogP contribution in [-0.2, 0) is 6.61 Å². The Labute approximate surface area is 118 Å². The van der Waals surface area contributed by atoms with Crippen molar-refractivity contribution >= 4 is 28.9 Å². The summed E-state index contributed by atoms with van der Waals surface area (Å²) in [6, 6.07) is 7.46. The maximum absolute atomic E-state index is 10.6. The molecule has 0 aliphatic rings. The van der Waals surface area contributed by atoms with Crippen LogP contribution in [0.25, 0.3) is 0 Å². The molecule has 98 valence electrons. The number of hydrogen-bond acceptors (Lipinski definition) is 4. The Balaban J connectivity index is 2.10. The van der Waals surface area contributed by atoms with E-state index in [1.165, 1.54) is 18.2 Å². The molecule has 0 amide bonds. The molecular weight excluding hydrogens is 291 g/mol. The van der Waals surface area contributed by atoms with Gasteiger partial charge in [-0.15, -0.1) is 0 Å². The molecule has 0 aliphatic heterocycles. The van der Waals surface area contributed by atoms with E-state index in [9.17, 15) is 10.1 Å². The number of nitrogens with zero attached hydrogens (tertiary/aromatic N) is 2. The van der Waals surface area contributed by atoms with Gasteiger partial charge in [-0.2, -0.15) is 0 Å². The van der Waals surface area contributed by atoms with Crippen LogP contribution < -0.4 is 4.74 Å².